The third kappa shape index (κ3) is 3.10. The Morgan fingerprint density at radius 3 is 2.54 bits per heavy atom. The molecule has 1 amide bonds. The van der Waals surface area contributed by atoms with Crippen molar-refractivity contribution in [1.29, 1.82) is 0 Å². The molecule has 1 unspecified atom stereocenters. The molecule has 0 bridgehead atoms. The zero-order chi connectivity index (χ0) is 17.3. The highest BCUT2D eigenvalue weighted by atomic mass is 19.4. The molecule has 1 aliphatic heterocycles. The number of carbonyl (C=O) groups excluding carboxylic acids is 1. The number of fused-ring (bicyclic) bond motifs is 1. The summed E-state index contributed by atoms with van der Waals surface area (Å²) in [6.45, 7) is 0. The first-order valence-electron chi connectivity index (χ1n) is 7.00. The lowest BCUT2D eigenvalue weighted by Crippen LogP contribution is -2.52. The molecule has 0 saturated heterocycles. The van der Waals surface area contributed by atoms with E-state index in [0.717, 1.165) is 10.5 Å². The number of rotatable bonds is 2. The van der Waals surface area contributed by atoms with Gasteiger partial charge in [-0.25, -0.2) is 9.97 Å². The summed E-state index contributed by atoms with van der Waals surface area (Å²) in [5.74, 6) is 0. The molecule has 0 N–H and O–H groups in total. The monoisotopic (exact) mass is 338 g/mol. The van der Waals surface area contributed by atoms with Crippen molar-refractivity contribution in [1.82, 2.24) is 9.97 Å². The van der Waals surface area contributed by atoms with Crippen LogP contribution < -0.4 is 14.7 Å². The van der Waals surface area contributed by atoms with Gasteiger partial charge in [-0.3, -0.25) is 4.90 Å². The first kappa shape index (κ1) is 16.0. The number of ether oxygens (including phenoxy) is 1. The van der Waals surface area contributed by atoms with E-state index in [2.05, 4.69) is 9.97 Å². The second kappa shape index (κ2) is 5.99. The summed E-state index contributed by atoms with van der Waals surface area (Å²) < 4.78 is 42.9. The summed E-state index contributed by atoms with van der Waals surface area (Å²) in [4.78, 5) is 19.4. The predicted octanol–water partition coefficient (Wildman–Crippen LogP) is 2.00. The number of nitrogens with zero attached hydrogens (tertiary/aromatic N) is 3. The van der Waals surface area contributed by atoms with E-state index < -0.39 is 24.1 Å². The van der Waals surface area contributed by atoms with E-state index >= 15 is 0 Å². The van der Waals surface area contributed by atoms with Crippen molar-refractivity contribution in [3.63, 3.8) is 0 Å². The number of aryl methyl sites for hydroxylation is 1. The van der Waals surface area contributed by atoms with Crippen LogP contribution in [0.25, 0.3) is 0 Å². The highest BCUT2D eigenvalue weighted by molar-refractivity contribution is 5.86. The zero-order valence-corrected chi connectivity index (χ0v) is 12.2. The van der Waals surface area contributed by atoms with Crippen LogP contribution in [0.3, 0.4) is 0 Å². The van der Waals surface area contributed by atoms with Crippen molar-refractivity contribution in [2.45, 2.75) is 25.2 Å². The molecule has 126 valence electrons. The van der Waals surface area contributed by atoms with Gasteiger partial charge in [0.1, 0.15) is 6.09 Å². The molecule has 0 saturated carbocycles. The standard InChI is InChI=1S/C15H12F3N3O3/c16-15(17,18)10-7-19-13(20-8-10)24-12-6-5-9-3-1-2-4-11(9)21(12)14(22)23/h1-4,7-8,12H,5-6H2,(H,22,23)/p-1. The summed E-state index contributed by atoms with van der Waals surface area (Å²) >= 11 is 0. The molecule has 0 spiro atoms. The predicted molar refractivity (Wildman–Crippen MR) is 74.1 cm³/mol. The number of halogens is 3. The smallest absolute Gasteiger partial charge is 0.419 e. The van der Waals surface area contributed by atoms with Gasteiger partial charge in [0.05, 0.1) is 5.56 Å². The van der Waals surface area contributed by atoms with Crippen LogP contribution >= 0.6 is 0 Å². The highest BCUT2D eigenvalue weighted by Crippen LogP contribution is 2.32. The summed E-state index contributed by atoms with van der Waals surface area (Å²) in [6, 6.07) is 6.52. The average molecular weight is 338 g/mol. The lowest BCUT2D eigenvalue weighted by atomic mass is 10.0. The number of carbonyl (C=O) groups is 1. The number of amides is 1. The Morgan fingerprint density at radius 2 is 1.92 bits per heavy atom. The van der Waals surface area contributed by atoms with Crippen molar-refractivity contribution in [2.24, 2.45) is 0 Å². The zero-order valence-electron chi connectivity index (χ0n) is 12.2. The quantitative estimate of drug-likeness (QED) is 0.837. The van der Waals surface area contributed by atoms with Gasteiger partial charge in [0.2, 0.25) is 0 Å². The average Bonchev–Trinajstić information content (AvgIpc) is 2.54. The second-order valence-electron chi connectivity index (χ2n) is 5.13. The maximum Gasteiger partial charge on any atom is 0.419 e. The number of anilines is 1. The van der Waals surface area contributed by atoms with Gasteiger partial charge in [-0.05, 0) is 18.1 Å². The largest absolute Gasteiger partial charge is 0.530 e. The molecule has 0 fully saturated rings. The van der Waals surface area contributed by atoms with Crippen LogP contribution in [0.1, 0.15) is 17.5 Å². The molecule has 6 nitrogen and oxygen atoms in total. The SMILES string of the molecule is O=C([O-])N1c2ccccc2CCC1Oc1ncc(C(F)(F)F)cn1. The summed E-state index contributed by atoms with van der Waals surface area (Å²) in [5.41, 5.74) is 0.219. The third-order valence-corrected chi connectivity index (χ3v) is 3.59. The lowest BCUT2D eigenvalue weighted by Gasteiger charge is -2.37. The van der Waals surface area contributed by atoms with Crippen molar-refractivity contribution in [3.8, 4) is 6.01 Å². The molecule has 2 aromatic rings. The Kier molecular flexibility index (Phi) is 4.00. The van der Waals surface area contributed by atoms with Gasteiger partial charge in [0.15, 0.2) is 6.23 Å². The van der Waals surface area contributed by atoms with Crippen LogP contribution in [-0.2, 0) is 12.6 Å². The fourth-order valence-corrected chi connectivity index (χ4v) is 2.49. The Bertz CT molecular complexity index is 750. The Morgan fingerprint density at radius 1 is 1.25 bits per heavy atom. The normalized spacial score (nSPS) is 17.3. The molecule has 1 aliphatic rings. The highest BCUT2D eigenvalue weighted by Gasteiger charge is 2.32. The van der Waals surface area contributed by atoms with E-state index in [4.69, 9.17) is 4.74 Å². The molecular formula is C15H11F3N3O3-. The summed E-state index contributed by atoms with van der Waals surface area (Å²) in [5, 5.41) is 11.4. The number of alkyl halides is 3. The first-order chi connectivity index (χ1) is 11.4. The van der Waals surface area contributed by atoms with Gasteiger partial charge in [-0.15, -0.1) is 0 Å². The molecule has 1 aromatic carbocycles. The van der Waals surface area contributed by atoms with Crippen molar-refractivity contribution in [3.05, 3.63) is 47.8 Å². The Hall–Kier alpha value is -2.84. The maximum atomic E-state index is 12.5. The fourth-order valence-electron chi connectivity index (χ4n) is 2.49. The minimum absolute atomic E-state index is 0.301. The van der Waals surface area contributed by atoms with Gasteiger partial charge in [-0.2, -0.15) is 13.2 Å². The van der Waals surface area contributed by atoms with Gasteiger partial charge >= 0.3 is 12.2 Å². The minimum Gasteiger partial charge on any atom is -0.530 e. The number of benzene rings is 1. The van der Waals surface area contributed by atoms with E-state index in [9.17, 15) is 23.1 Å². The van der Waals surface area contributed by atoms with E-state index in [1.165, 1.54) is 0 Å². The lowest BCUT2D eigenvalue weighted by molar-refractivity contribution is -0.248. The number of aromatic nitrogens is 2. The van der Waals surface area contributed by atoms with E-state index in [0.29, 0.717) is 30.9 Å². The van der Waals surface area contributed by atoms with Crippen molar-refractivity contribution in [2.75, 3.05) is 4.90 Å². The molecule has 3 rings (SSSR count). The maximum absolute atomic E-state index is 12.5. The number of hydrogen-bond donors (Lipinski definition) is 0. The van der Waals surface area contributed by atoms with Crippen LogP contribution in [0.15, 0.2) is 36.7 Å². The molecule has 1 atom stereocenters. The molecule has 2 heterocycles. The van der Waals surface area contributed by atoms with Gasteiger partial charge < -0.3 is 14.6 Å². The number of carboxylic acid groups (broad SMARTS) is 1. The van der Waals surface area contributed by atoms with E-state index in [1.54, 1.807) is 24.3 Å². The van der Waals surface area contributed by atoms with Gasteiger partial charge in [0.25, 0.3) is 0 Å². The molecule has 9 heteroatoms. The van der Waals surface area contributed by atoms with Crippen molar-refractivity contribution >= 4 is 11.8 Å². The van der Waals surface area contributed by atoms with Gasteiger partial charge in [0, 0.05) is 24.5 Å². The van der Waals surface area contributed by atoms with Crippen LogP contribution in [0, 0.1) is 0 Å². The molecule has 1 aromatic heterocycles. The Labute approximate surface area is 134 Å². The van der Waals surface area contributed by atoms with Crippen LogP contribution in [0.4, 0.5) is 23.7 Å². The molecule has 0 radical (unpaired) electrons. The molecule has 0 aliphatic carbocycles. The number of hydrogen-bond acceptors (Lipinski definition) is 5. The Balaban J connectivity index is 1.83. The van der Waals surface area contributed by atoms with E-state index in [1.807, 2.05) is 0 Å². The summed E-state index contributed by atoms with van der Waals surface area (Å²) in [7, 11) is 0. The topological polar surface area (TPSA) is 78.4 Å². The summed E-state index contributed by atoms with van der Waals surface area (Å²) in [6.07, 6.45) is -4.98. The van der Waals surface area contributed by atoms with Crippen LogP contribution in [0.5, 0.6) is 6.01 Å². The van der Waals surface area contributed by atoms with Crippen LogP contribution in [0.2, 0.25) is 0 Å². The molecular weight excluding hydrogens is 327 g/mol. The third-order valence-electron chi connectivity index (χ3n) is 3.59. The van der Waals surface area contributed by atoms with E-state index in [-0.39, 0.29) is 6.01 Å². The van der Waals surface area contributed by atoms with Crippen molar-refractivity contribution < 1.29 is 27.8 Å². The first-order valence-corrected chi connectivity index (χ1v) is 7.00. The fraction of sp³-hybridized carbons (Fsp3) is 0.267. The van der Waals surface area contributed by atoms with Crippen LogP contribution in [-0.4, -0.2) is 22.3 Å². The minimum atomic E-state index is -4.56. The number of para-hydroxylation sites is 1. The second-order valence-corrected chi connectivity index (χ2v) is 5.13. The van der Waals surface area contributed by atoms with Gasteiger partial charge in [-0.1, -0.05) is 18.2 Å². The molecule has 24 heavy (non-hydrogen) atoms.